The van der Waals surface area contributed by atoms with Crippen molar-refractivity contribution >= 4 is 0 Å². The maximum absolute atomic E-state index is 5.74. The van der Waals surface area contributed by atoms with Crippen molar-refractivity contribution in [3.63, 3.8) is 0 Å². The van der Waals surface area contributed by atoms with Crippen LogP contribution in [0.1, 0.15) is 38.8 Å². The lowest BCUT2D eigenvalue weighted by molar-refractivity contribution is 0.202. The minimum atomic E-state index is 0.254. The molecule has 0 saturated heterocycles. The molecule has 1 aliphatic heterocycles. The van der Waals surface area contributed by atoms with Crippen LogP contribution >= 0.6 is 0 Å². The van der Waals surface area contributed by atoms with Crippen LogP contribution < -0.4 is 4.74 Å². The van der Waals surface area contributed by atoms with Crippen molar-refractivity contribution in [3.05, 3.63) is 29.3 Å². The van der Waals surface area contributed by atoms with Gasteiger partial charge in [-0.05, 0) is 57.4 Å². The average Bonchev–Trinajstić information content (AvgIpc) is 2.27. The first-order chi connectivity index (χ1) is 8.06. The Kier molecular flexibility index (Phi) is 3.72. The van der Waals surface area contributed by atoms with E-state index in [1.165, 1.54) is 11.1 Å². The van der Waals surface area contributed by atoms with Gasteiger partial charge in [-0.25, -0.2) is 0 Å². The number of fused-ring (bicyclic) bond motifs is 1. The Morgan fingerprint density at radius 2 is 1.88 bits per heavy atom. The average molecular weight is 233 g/mol. The van der Waals surface area contributed by atoms with E-state index in [0.29, 0.717) is 6.04 Å². The van der Waals surface area contributed by atoms with Crippen LogP contribution in [-0.2, 0) is 13.0 Å². The van der Waals surface area contributed by atoms with Gasteiger partial charge in [-0.15, -0.1) is 0 Å². The standard InChI is InChI=1S/C15H23NO/c1-11(2)16-8-7-13-9-15(17-12(3)4)6-5-14(13)10-16/h5-6,9,11-12H,7-8,10H2,1-4H3. The van der Waals surface area contributed by atoms with Crippen molar-refractivity contribution in [2.45, 2.75) is 52.8 Å². The molecular formula is C15H23NO. The van der Waals surface area contributed by atoms with E-state index in [-0.39, 0.29) is 6.10 Å². The monoisotopic (exact) mass is 233 g/mol. The fraction of sp³-hybridized carbons (Fsp3) is 0.600. The number of ether oxygens (including phenoxy) is 1. The highest BCUT2D eigenvalue weighted by Gasteiger charge is 2.18. The summed E-state index contributed by atoms with van der Waals surface area (Å²) in [6.45, 7) is 10.9. The second kappa shape index (κ2) is 5.09. The molecule has 0 N–H and O–H groups in total. The number of rotatable bonds is 3. The van der Waals surface area contributed by atoms with E-state index in [1.807, 2.05) is 0 Å². The Morgan fingerprint density at radius 3 is 2.53 bits per heavy atom. The molecule has 0 bridgehead atoms. The minimum absolute atomic E-state index is 0.254. The lowest BCUT2D eigenvalue weighted by atomic mass is 9.98. The van der Waals surface area contributed by atoms with E-state index in [4.69, 9.17) is 4.74 Å². The zero-order valence-corrected chi connectivity index (χ0v) is 11.4. The van der Waals surface area contributed by atoms with Gasteiger partial charge in [0.05, 0.1) is 6.10 Å². The highest BCUT2D eigenvalue weighted by molar-refractivity contribution is 5.37. The van der Waals surface area contributed by atoms with E-state index in [9.17, 15) is 0 Å². The Labute approximate surface area is 105 Å². The van der Waals surface area contributed by atoms with Gasteiger partial charge in [0, 0.05) is 19.1 Å². The summed E-state index contributed by atoms with van der Waals surface area (Å²) >= 11 is 0. The molecular weight excluding hydrogens is 210 g/mol. The molecule has 17 heavy (non-hydrogen) atoms. The Bertz CT molecular complexity index is 385. The van der Waals surface area contributed by atoms with Gasteiger partial charge < -0.3 is 4.74 Å². The third kappa shape index (κ3) is 3.01. The van der Waals surface area contributed by atoms with Crippen molar-refractivity contribution < 1.29 is 4.74 Å². The molecule has 0 fully saturated rings. The maximum Gasteiger partial charge on any atom is 0.119 e. The molecule has 0 spiro atoms. The van der Waals surface area contributed by atoms with E-state index >= 15 is 0 Å². The minimum Gasteiger partial charge on any atom is -0.491 e. The SMILES string of the molecule is CC(C)Oc1ccc2c(c1)CCN(C(C)C)C2. The maximum atomic E-state index is 5.74. The fourth-order valence-electron chi connectivity index (χ4n) is 2.34. The largest absolute Gasteiger partial charge is 0.491 e. The van der Waals surface area contributed by atoms with Gasteiger partial charge >= 0.3 is 0 Å². The van der Waals surface area contributed by atoms with Crippen LogP contribution in [0.25, 0.3) is 0 Å². The number of benzene rings is 1. The second-order valence-electron chi connectivity index (χ2n) is 5.41. The molecule has 1 aromatic rings. The van der Waals surface area contributed by atoms with Gasteiger partial charge in [0.1, 0.15) is 5.75 Å². The van der Waals surface area contributed by atoms with Gasteiger partial charge in [0.15, 0.2) is 0 Å². The molecule has 2 rings (SSSR count). The summed E-state index contributed by atoms with van der Waals surface area (Å²) in [5, 5.41) is 0. The predicted molar refractivity (Wildman–Crippen MR) is 71.5 cm³/mol. The molecule has 1 aliphatic rings. The highest BCUT2D eigenvalue weighted by Crippen LogP contribution is 2.25. The molecule has 1 heterocycles. The zero-order valence-electron chi connectivity index (χ0n) is 11.4. The first-order valence-corrected chi connectivity index (χ1v) is 6.59. The van der Waals surface area contributed by atoms with Crippen molar-refractivity contribution in [1.29, 1.82) is 0 Å². The van der Waals surface area contributed by atoms with Crippen LogP contribution in [0.5, 0.6) is 5.75 Å². The predicted octanol–water partition coefficient (Wildman–Crippen LogP) is 3.24. The topological polar surface area (TPSA) is 12.5 Å². The van der Waals surface area contributed by atoms with Crippen molar-refractivity contribution in [1.82, 2.24) is 4.90 Å². The smallest absolute Gasteiger partial charge is 0.119 e. The number of hydrogen-bond donors (Lipinski definition) is 0. The molecule has 1 aromatic carbocycles. The van der Waals surface area contributed by atoms with Gasteiger partial charge in [0.25, 0.3) is 0 Å². The Morgan fingerprint density at radius 1 is 1.12 bits per heavy atom. The van der Waals surface area contributed by atoms with Crippen molar-refractivity contribution in [2.75, 3.05) is 6.54 Å². The third-order valence-corrected chi connectivity index (χ3v) is 3.32. The molecule has 0 saturated carbocycles. The Balaban J connectivity index is 2.14. The van der Waals surface area contributed by atoms with Gasteiger partial charge in [0.2, 0.25) is 0 Å². The van der Waals surface area contributed by atoms with Crippen LogP contribution in [0.3, 0.4) is 0 Å². The quantitative estimate of drug-likeness (QED) is 0.794. The second-order valence-corrected chi connectivity index (χ2v) is 5.41. The van der Waals surface area contributed by atoms with Crippen LogP contribution in [0.4, 0.5) is 0 Å². The van der Waals surface area contributed by atoms with E-state index < -0.39 is 0 Å². The summed E-state index contributed by atoms with van der Waals surface area (Å²) in [5.41, 5.74) is 2.92. The molecule has 0 aromatic heterocycles. The van der Waals surface area contributed by atoms with E-state index in [1.54, 1.807) is 0 Å². The first-order valence-electron chi connectivity index (χ1n) is 6.59. The molecule has 2 heteroatoms. The summed E-state index contributed by atoms with van der Waals surface area (Å²) in [6.07, 6.45) is 1.40. The lowest BCUT2D eigenvalue weighted by Gasteiger charge is -2.32. The molecule has 0 aliphatic carbocycles. The number of nitrogens with zero attached hydrogens (tertiary/aromatic N) is 1. The summed E-state index contributed by atoms with van der Waals surface area (Å²) in [7, 11) is 0. The van der Waals surface area contributed by atoms with Gasteiger partial charge in [-0.2, -0.15) is 0 Å². The van der Waals surface area contributed by atoms with Gasteiger partial charge in [-0.1, -0.05) is 6.07 Å². The summed E-state index contributed by atoms with van der Waals surface area (Å²) in [6, 6.07) is 7.17. The summed E-state index contributed by atoms with van der Waals surface area (Å²) in [4.78, 5) is 2.52. The van der Waals surface area contributed by atoms with Crippen LogP contribution in [0.15, 0.2) is 18.2 Å². The van der Waals surface area contributed by atoms with Crippen molar-refractivity contribution in [2.24, 2.45) is 0 Å². The fourth-order valence-corrected chi connectivity index (χ4v) is 2.34. The molecule has 0 radical (unpaired) electrons. The molecule has 2 nitrogen and oxygen atoms in total. The van der Waals surface area contributed by atoms with E-state index in [2.05, 4.69) is 50.8 Å². The molecule has 0 amide bonds. The molecule has 0 atom stereocenters. The molecule has 0 unspecified atom stereocenters. The lowest BCUT2D eigenvalue weighted by Crippen LogP contribution is -2.35. The summed E-state index contributed by atoms with van der Waals surface area (Å²) < 4.78 is 5.74. The highest BCUT2D eigenvalue weighted by atomic mass is 16.5. The van der Waals surface area contributed by atoms with Crippen molar-refractivity contribution in [3.8, 4) is 5.75 Å². The van der Waals surface area contributed by atoms with Crippen LogP contribution in [0, 0.1) is 0 Å². The first kappa shape index (κ1) is 12.4. The van der Waals surface area contributed by atoms with Crippen LogP contribution in [0.2, 0.25) is 0 Å². The number of hydrogen-bond acceptors (Lipinski definition) is 2. The van der Waals surface area contributed by atoms with Crippen LogP contribution in [-0.4, -0.2) is 23.6 Å². The normalized spacial score (nSPS) is 16.4. The summed E-state index contributed by atoms with van der Waals surface area (Å²) in [5.74, 6) is 1.01. The third-order valence-electron chi connectivity index (χ3n) is 3.32. The Hall–Kier alpha value is -1.02. The molecule has 94 valence electrons. The van der Waals surface area contributed by atoms with Gasteiger partial charge in [-0.3, -0.25) is 4.90 Å². The zero-order chi connectivity index (χ0) is 12.4. The van der Waals surface area contributed by atoms with E-state index in [0.717, 1.165) is 25.3 Å².